The zero-order valence-electron chi connectivity index (χ0n) is 13.1. The molecule has 0 aromatic heterocycles. The average Bonchev–Trinajstić information content (AvgIpc) is 2.38. The van der Waals surface area contributed by atoms with Crippen LogP contribution in [0, 0.1) is 0 Å². The molecular formula is C14H27N3O4. The maximum Gasteiger partial charge on any atom is 0.326 e. The van der Waals surface area contributed by atoms with Crippen molar-refractivity contribution in [2.45, 2.75) is 65.0 Å². The first-order chi connectivity index (χ1) is 9.79. The van der Waals surface area contributed by atoms with Gasteiger partial charge < -0.3 is 21.1 Å². The Kier molecular flexibility index (Phi) is 9.16. The van der Waals surface area contributed by atoms with Crippen molar-refractivity contribution in [1.29, 1.82) is 0 Å². The maximum absolute atomic E-state index is 12.2. The molecule has 0 aliphatic rings. The molecule has 122 valence electrons. The highest BCUT2D eigenvalue weighted by Crippen LogP contribution is 2.06. The van der Waals surface area contributed by atoms with Gasteiger partial charge in [0, 0.05) is 19.0 Å². The van der Waals surface area contributed by atoms with Crippen molar-refractivity contribution in [1.82, 2.24) is 10.2 Å². The Labute approximate surface area is 125 Å². The number of carbonyl (C=O) groups excluding carboxylic acids is 2. The third-order valence-electron chi connectivity index (χ3n) is 3.16. The molecule has 0 aromatic rings. The van der Waals surface area contributed by atoms with Gasteiger partial charge in [-0.25, -0.2) is 9.59 Å². The summed E-state index contributed by atoms with van der Waals surface area (Å²) in [6, 6.07) is -1.54. The van der Waals surface area contributed by atoms with Crippen LogP contribution >= 0.6 is 0 Å². The van der Waals surface area contributed by atoms with Gasteiger partial charge in [-0.15, -0.1) is 0 Å². The number of nitrogens with zero attached hydrogens (tertiary/aromatic N) is 1. The maximum atomic E-state index is 12.2. The lowest BCUT2D eigenvalue weighted by molar-refractivity contribution is -0.139. The Balaban J connectivity index is 4.59. The average molecular weight is 301 g/mol. The molecule has 7 nitrogen and oxygen atoms in total. The fourth-order valence-electron chi connectivity index (χ4n) is 1.90. The predicted octanol–water partition coefficient (Wildman–Crippen LogP) is 1.32. The molecule has 0 radical (unpaired) electrons. The molecule has 0 unspecified atom stereocenters. The van der Waals surface area contributed by atoms with E-state index in [0.717, 1.165) is 19.3 Å². The van der Waals surface area contributed by atoms with E-state index in [1.807, 2.05) is 13.8 Å². The normalized spacial score (nSPS) is 12.0. The van der Waals surface area contributed by atoms with Crippen LogP contribution in [0.1, 0.15) is 52.9 Å². The molecule has 0 bridgehead atoms. The van der Waals surface area contributed by atoms with E-state index in [4.69, 9.17) is 10.8 Å². The van der Waals surface area contributed by atoms with Gasteiger partial charge in [0.25, 0.3) is 0 Å². The van der Waals surface area contributed by atoms with E-state index in [2.05, 4.69) is 12.2 Å². The molecular weight excluding hydrogens is 274 g/mol. The smallest absolute Gasteiger partial charge is 0.326 e. The van der Waals surface area contributed by atoms with Crippen LogP contribution in [0.2, 0.25) is 0 Å². The Bertz CT molecular complexity index is 358. The number of hydrogen-bond donors (Lipinski definition) is 3. The van der Waals surface area contributed by atoms with Crippen molar-refractivity contribution in [3.05, 3.63) is 0 Å². The summed E-state index contributed by atoms with van der Waals surface area (Å²) in [6.45, 7) is 6.42. The Morgan fingerprint density at radius 2 is 1.86 bits per heavy atom. The third kappa shape index (κ3) is 8.16. The van der Waals surface area contributed by atoms with Crippen molar-refractivity contribution >= 4 is 17.9 Å². The van der Waals surface area contributed by atoms with Gasteiger partial charge in [0.1, 0.15) is 6.04 Å². The molecule has 1 atom stereocenters. The highest BCUT2D eigenvalue weighted by molar-refractivity contribution is 5.83. The number of urea groups is 1. The van der Waals surface area contributed by atoms with Gasteiger partial charge in [-0.3, -0.25) is 4.79 Å². The molecule has 0 aliphatic carbocycles. The Morgan fingerprint density at radius 1 is 1.24 bits per heavy atom. The van der Waals surface area contributed by atoms with E-state index >= 15 is 0 Å². The van der Waals surface area contributed by atoms with Gasteiger partial charge >= 0.3 is 12.0 Å². The number of rotatable bonds is 10. The SMILES string of the molecule is CCCCCN(C(=O)N[C@@H](CCC(N)=O)C(=O)O)C(C)C. The van der Waals surface area contributed by atoms with E-state index in [-0.39, 0.29) is 18.9 Å². The van der Waals surface area contributed by atoms with Crippen molar-refractivity contribution < 1.29 is 19.5 Å². The van der Waals surface area contributed by atoms with Crippen LogP contribution in [0.15, 0.2) is 0 Å². The summed E-state index contributed by atoms with van der Waals surface area (Å²) in [7, 11) is 0. The molecule has 7 heteroatoms. The zero-order valence-corrected chi connectivity index (χ0v) is 13.1. The van der Waals surface area contributed by atoms with E-state index in [9.17, 15) is 14.4 Å². The summed E-state index contributed by atoms with van der Waals surface area (Å²) in [6.07, 6.45) is 2.86. The number of unbranched alkanes of at least 4 members (excludes halogenated alkanes) is 2. The van der Waals surface area contributed by atoms with Gasteiger partial charge in [0.05, 0.1) is 0 Å². The quantitative estimate of drug-likeness (QED) is 0.528. The van der Waals surface area contributed by atoms with Crippen molar-refractivity contribution in [2.24, 2.45) is 5.73 Å². The molecule has 0 aliphatic heterocycles. The van der Waals surface area contributed by atoms with Crippen LogP contribution in [-0.4, -0.2) is 46.5 Å². The Hall–Kier alpha value is -1.79. The fourth-order valence-corrected chi connectivity index (χ4v) is 1.90. The second-order valence-corrected chi connectivity index (χ2v) is 5.34. The number of primary amides is 1. The second kappa shape index (κ2) is 10.0. The largest absolute Gasteiger partial charge is 0.480 e. The van der Waals surface area contributed by atoms with Crippen molar-refractivity contribution in [2.75, 3.05) is 6.54 Å². The van der Waals surface area contributed by atoms with Gasteiger partial charge in [0.2, 0.25) is 5.91 Å². The second-order valence-electron chi connectivity index (χ2n) is 5.34. The number of nitrogens with two attached hydrogens (primary N) is 1. The van der Waals surface area contributed by atoms with E-state index in [1.54, 1.807) is 4.90 Å². The number of hydrogen-bond acceptors (Lipinski definition) is 3. The van der Waals surface area contributed by atoms with Crippen LogP contribution in [0.5, 0.6) is 0 Å². The fraction of sp³-hybridized carbons (Fsp3) is 0.786. The molecule has 0 aromatic carbocycles. The van der Waals surface area contributed by atoms with Gasteiger partial charge in [-0.1, -0.05) is 19.8 Å². The summed E-state index contributed by atoms with van der Waals surface area (Å²) in [5.41, 5.74) is 5.01. The zero-order chi connectivity index (χ0) is 16.4. The highest BCUT2D eigenvalue weighted by atomic mass is 16.4. The summed E-state index contributed by atoms with van der Waals surface area (Å²) < 4.78 is 0. The standard InChI is InChI=1S/C14H27N3O4/c1-4-5-6-9-17(10(2)3)14(21)16-11(13(19)20)7-8-12(15)18/h10-11H,4-9H2,1-3H3,(H2,15,18)(H,16,21)(H,19,20)/t11-/m0/s1. The third-order valence-corrected chi connectivity index (χ3v) is 3.16. The molecule has 0 spiro atoms. The van der Waals surface area contributed by atoms with Gasteiger partial charge in [-0.2, -0.15) is 0 Å². The molecule has 0 saturated heterocycles. The first-order valence-corrected chi connectivity index (χ1v) is 7.37. The van der Waals surface area contributed by atoms with E-state index in [0.29, 0.717) is 6.54 Å². The van der Waals surface area contributed by atoms with Gasteiger partial charge in [0.15, 0.2) is 0 Å². The molecule has 0 fully saturated rings. The Morgan fingerprint density at radius 3 is 2.29 bits per heavy atom. The number of carboxylic acid groups (broad SMARTS) is 1. The van der Waals surface area contributed by atoms with Crippen molar-refractivity contribution in [3.63, 3.8) is 0 Å². The number of amides is 3. The number of carboxylic acids is 1. The molecule has 4 N–H and O–H groups in total. The molecule has 21 heavy (non-hydrogen) atoms. The van der Waals surface area contributed by atoms with E-state index < -0.39 is 23.9 Å². The lowest BCUT2D eigenvalue weighted by Crippen LogP contribution is -2.50. The van der Waals surface area contributed by atoms with Crippen LogP contribution in [-0.2, 0) is 9.59 Å². The number of nitrogens with one attached hydrogen (secondary N) is 1. The van der Waals surface area contributed by atoms with Crippen LogP contribution in [0.4, 0.5) is 4.79 Å². The summed E-state index contributed by atoms with van der Waals surface area (Å²) in [5, 5.41) is 11.5. The van der Waals surface area contributed by atoms with Crippen molar-refractivity contribution in [3.8, 4) is 0 Å². The number of aliphatic carboxylic acids is 1. The van der Waals surface area contributed by atoms with Crippen LogP contribution in [0.3, 0.4) is 0 Å². The summed E-state index contributed by atoms with van der Waals surface area (Å²) >= 11 is 0. The lowest BCUT2D eigenvalue weighted by atomic mass is 10.1. The summed E-state index contributed by atoms with van der Waals surface area (Å²) in [4.78, 5) is 35.6. The molecule has 3 amide bonds. The lowest BCUT2D eigenvalue weighted by Gasteiger charge is -2.28. The molecule has 0 heterocycles. The van der Waals surface area contributed by atoms with Crippen LogP contribution < -0.4 is 11.1 Å². The minimum Gasteiger partial charge on any atom is -0.480 e. The van der Waals surface area contributed by atoms with E-state index in [1.165, 1.54) is 0 Å². The minimum atomic E-state index is -1.16. The first kappa shape index (κ1) is 19.2. The van der Waals surface area contributed by atoms with Gasteiger partial charge in [-0.05, 0) is 26.7 Å². The molecule has 0 saturated carbocycles. The monoisotopic (exact) mass is 301 g/mol. The summed E-state index contributed by atoms with van der Waals surface area (Å²) in [5.74, 6) is -1.75. The first-order valence-electron chi connectivity index (χ1n) is 7.37. The number of carbonyl (C=O) groups is 3. The predicted molar refractivity (Wildman–Crippen MR) is 79.8 cm³/mol. The van der Waals surface area contributed by atoms with Crippen LogP contribution in [0.25, 0.3) is 0 Å². The molecule has 0 rings (SSSR count). The topological polar surface area (TPSA) is 113 Å². The minimum absolute atomic E-state index is 0.00268. The highest BCUT2D eigenvalue weighted by Gasteiger charge is 2.24.